The molecule has 1 aromatic carbocycles. The molecule has 68 valence electrons. The Bertz CT molecular complexity index is 372. The second-order valence-electron chi connectivity index (χ2n) is 2.48. The molecule has 0 atom stereocenters. The molecule has 0 aliphatic heterocycles. The van der Waals surface area contributed by atoms with Crippen LogP contribution in [-0.2, 0) is 0 Å². The largest absolute Gasteiger partial charge is 0.381 e. The third-order valence-electron chi connectivity index (χ3n) is 1.59. The lowest BCUT2D eigenvalue weighted by Gasteiger charge is -1.90. The van der Waals surface area contributed by atoms with Crippen molar-refractivity contribution < 1.29 is 4.52 Å². The van der Waals surface area contributed by atoms with Gasteiger partial charge in [-0.05, 0) is 0 Å². The van der Waals surface area contributed by atoms with Gasteiger partial charge in [0.1, 0.15) is 0 Å². The van der Waals surface area contributed by atoms with Crippen LogP contribution in [0.15, 0.2) is 40.9 Å². The fourth-order valence-corrected chi connectivity index (χ4v) is 1.03. The lowest BCUT2D eigenvalue weighted by molar-refractivity contribution is 0.436. The molecule has 0 aliphatic rings. The summed E-state index contributed by atoms with van der Waals surface area (Å²) in [5.74, 6) is 1.11. The van der Waals surface area contributed by atoms with Gasteiger partial charge in [0.2, 0.25) is 0 Å². The van der Waals surface area contributed by atoms with E-state index >= 15 is 0 Å². The van der Waals surface area contributed by atoms with Gasteiger partial charge in [0.15, 0.2) is 11.6 Å². The fourth-order valence-electron chi connectivity index (χ4n) is 1.03. The monoisotopic (exact) mass is 196 g/mol. The van der Waals surface area contributed by atoms with Gasteiger partial charge in [-0.15, -0.1) is 12.4 Å². The summed E-state index contributed by atoms with van der Waals surface area (Å²) >= 11 is 0. The van der Waals surface area contributed by atoms with E-state index < -0.39 is 0 Å². The molecule has 13 heavy (non-hydrogen) atoms. The van der Waals surface area contributed by atoms with Crippen LogP contribution >= 0.6 is 12.4 Å². The molecule has 1 heterocycles. The molecular formula is C9H9ClN2O. The third-order valence-corrected chi connectivity index (χ3v) is 1.59. The first kappa shape index (κ1) is 9.61. The maximum atomic E-state index is 5.41. The molecular weight excluding hydrogens is 188 g/mol. The van der Waals surface area contributed by atoms with Crippen LogP contribution in [0, 0.1) is 0 Å². The summed E-state index contributed by atoms with van der Waals surface area (Å²) in [6, 6.07) is 11.4. The standard InChI is InChI=1S/C9H8N2O.ClH/c10-9-6-8(12-11-9)7-4-2-1-3-5-7;/h1-6H,(H2,10,11);1H. The van der Waals surface area contributed by atoms with Crippen molar-refractivity contribution in [2.75, 3.05) is 5.73 Å². The Labute approximate surface area is 81.9 Å². The zero-order valence-corrected chi connectivity index (χ0v) is 7.62. The molecule has 0 aliphatic carbocycles. The number of hydrogen-bond acceptors (Lipinski definition) is 3. The first-order chi connectivity index (χ1) is 5.86. The number of nitrogen functional groups attached to an aromatic ring is 1. The highest BCUT2D eigenvalue weighted by molar-refractivity contribution is 5.85. The van der Waals surface area contributed by atoms with Gasteiger partial charge in [0.25, 0.3) is 0 Å². The second-order valence-corrected chi connectivity index (χ2v) is 2.48. The summed E-state index contributed by atoms with van der Waals surface area (Å²) in [6.45, 7) is 0. The lowest BCUT2D eigenvalue weighted by atomic mass is 10.2. The van der Waals surface area contributed by atoms with Crippen LogP contribution in [0.3, 0.4) is 0 Å². The van der Waals surface area contributed by atoms with Crippen LogP contribution in [0.4, 0.5) is 5.82 Å². The highest BCUT2D eigenvalue weighted by atomic mass is 35.5. The van der Waals surface area contributed by atoms with Crippen molar-refractivity contribution in [1.29, 1.82) is 0 Å². The van der Waals surface area contributed by atoms with Crippen molar-refractivity contribution in [3.63, 3.8) is 0 Å². The van der Waals surface area contributed by atoms with Crippen molar-refractivity contribution in [3.8, 4) is 11.3 Å². The maximum Gasteiger partial charge on any atom is 0.169 e. The maximum absolute atomic E-state index is 5.41. The van der Waals surface area contributed by atoms with E-state index in [2.05, 4.69) is 5.16 Å². The van der Waals surface area contributed by atoms with Crippen molar-refractivity contribution in [3.05, 3.63) is 36.4 Å². The topological polar surface area (TPSA) is 52.0 Å². The average molecular weight is 197 g/mol. The van der Waals surface area contributed by atoms with E-state index in [4.69, 9.17) is 10.3 Å². The number of nitrogens with zero attached hydrogens (tertiary/aromatic N) is 1. The molecule has 2 aromatic rings. The first-order valence-electron chi connectivity index (χ1n) is 3.64. The predicted molar refractivity (Wildman–Crippen MR) is 53.6 cm³/mol. The number of anilines is 1. The molecule has 1 aromatic heterocycles. The smallest absolute Gasteiger partial charge is 0.169 e. The SMILES string of the molecule is Cl.Nc1cc(-c2ccccc2)on1. The molecule has 4 heteroatoms. The number of hydrogen-bond donors (Lipinski definition) is 1. The zero-order valence-electron chi connectivity index (χ0n) is 6.81. The molecule has 0 unspecified atom stereocenters. The molecule has 0 bridgehead atoms. The van der Waals surface area contributed by atoms with E-state index in [1.165, 1.54) is 0 Å². The number of halogens is 1. The number of benzene rings is 1. The van der Waals surface area contributed by atoms with Gasteiger partial charge in [-0.3, -0.25) is 0 Å². The minimum absolute atomic E-state index is 0. The number of aromatic nitrogens is 1. The molecule has 2 rings (SSSR count). The molecule has 0 amide bonds. The minimum atomic E-state index is 0. The Hall–Kier alpha value is -1.48. The molecule has 0 fully saturated rings. The number of rotatable bonds is 1. The zero-order chi connectivity index (χ0) is 8.39. The van der Waals surface area contributed by atoms with Crippen molar-refractivity contribution in [2.24, 2.45) is 0 Å². The highest BCUT2D eigenvalue weighted by Gasteiger charge is 2.01. The van der Waals surface area contributed by atoms with E-state index in [1.807, 2.05) is 30.3 Å². The van der Waals surface area contributed by atoms with Crippen LogP contribution < -0.4 is 5.73 Å². The number of nitrogens with two attached hydrogens (primary N) is 1. The van der Waals surface area contributed by atoms with Gasteiger partial charge in [-0.1, -0.05) is 35.5 Å². The summed E-state index contributed by atoms with van der Waals surface area (Å²) < 4.78 is 4.98. The summed E-state index contributed by atoms with van der Waals surface area (Å²) in [6.07, 6.45) is 0. The van der Waals surface area contributed by atoms with E-state index in [9.17, 15) is 0 Å². The van der Waals surface area contributed by atoms with Crippen molar-refractivity contribution in [1.82, 2.24) is 5.16 Å². The quantitative estimate of drug-likeness (QED) is 0.762. The second kappa shape index (κ2) is 3.96. The fraction of sp³-hybridized carbons (Fsp3) is 0. The molecule has 0 spiro atoms. The van der Waals surface area contributed by atoms with Crippen LogP contribution in [0.2, 0.25) is 0 Å². The van der Waals surface area contributed by atoms with Crippen LogP contribution in [0.5, 0.6) is 0 Å². The van der Waals surface area contributed by atoms with Gasteiger partial charge < -0.3 is 10.3 Å². The Morgan fingerprint density at radius 3 is 2.38 bits per heavy atom. The molecule has 3 nitrogen and oxygen atoms in total. The third kappa shape index (κ3) is 2.00. The summed E-state index contributed by atoms with van der Waals surface area (Å²) in [5, 5.41) is 3.60. The summed E-state index contributed by atoms with van der Waals surface area (Å²) in [5.41, 5.74) is 6.40. The van der Waals surface area contributed by atoms with Gasteiger partial charge in [0.05, 0.1) is 0 Å². The van der Waals surface area contributed by atoms with Gasteiger partial charge >= 0.3 is 0 Å². The Balaban J connectivity index is 0.000000845. The Morgan fingerprint density at radius 1 is 1.15 bits per heavy atom. The lowest BCUT2D eigenvalue weighted by Crippen LogP contribution is -1.79. The molecule has 2 N–H and O–H groups in total. The van der Waals surface area contributed by atoms with Gasteiger partial charge in [-0.2, -0.15) is 0 Å². The van der Waals surface area contributed by atoms with E-state index in [0.29, 0.717) is 11.6 Å². The Morgan fingerprint density at radius 2 is 1.85 bits per heavy atom. The minimum Gasteiger partial charge on any atom is -0.381 e. The van der Waals surface area contributed by atoms with E-state index in [1.54, 1.807) is 6.07 Å². The Kier molecular flexibility index (Phi) is 2.93. The van der Waals surface area contributed by atoms with Gasteiger partial charge in [-0.25, -0.2) is 0 Å². The summed E-state index contributed by atoms with van der Waals surface area (Å²) in [7, 11) is 0. The highest BCUT2D eigenvalue weighted by Crippen LogP contribution is 2.19. The molecule has 0 radical (unpaired) electrons. The normalized spacial score (nSPS) is 9.23. The van der Waals surface area contributed by atoms with Crippen LogP contribution in [0.1, 0.15) is 0 Å². The van der Waals surface area contributed by atoms with E-state index in [-0.39, 0.29) is 12.4 Å². The predicted octanol–water partition coefficient (Wildman–Crippen LogP) is 2.35. The van der Waals surface area contributed by atoms with Crippen LogP contribution in [-0.4, -0.2) is 5.16 Å². The van der Waals surface area contributed by atoms with Gasteiger partial charge in [0, 0.05) is 11.6 Å². The first-order valence-corrected chi connectivity index (χ1v) is 3.64. The van der Waals surface area contributed by atoms with Crippen LogP contribution in [0.25, 0.3) is 11.3 Å². The molecule has 0 saturated heterocycles. The van der Waals surface area contributed by atoms with Crippen molar-refractivity contribution >= 4 is 18.2 Å². The van der Waals surface area contributed by atoms with Crippen molar-refractivity contribution in [2.45, 2.75) is 0 Å². The molecule has 0 saturated carbocycles. The average Bonchev–Trinajstić information content (AvgIpc) is 2.54. The van der Waals surface area contributed by atoms with E-state index in [0.717, 1.165) is 5.56 Å². The summed E-state index contributed by atoms with van der Waals surface area (Å²) in [4.78, 5) is 0.